The minimum absolute atomic E-state index is 0.136. The van der Waals surface area contributed by atoms with Crippen LogP contribution in [0.5, 0.6) is 5.75 Å². The zero-order chi connectivity index (χ0) is 14.4. The molecule has 0 saturated carbocycles. The second-order valence-corrected chi connectivity index (χ2v) is 5.61. The van der Waals surface area contributed by atoms with Crippen molar-refractivity contribution < 1.29 is 14.3 Å². The largest absolute Gasteiger partial charge is 0.481 e. The van der Waals surface area contributed by atoms with Gasteiger partial charge in [-0.2, -0.15) is 0 Å². The van der Waals surface area contributed by atoms with Gasteiger partial charge in [0.2, 0.25) is 0 Å². The van der Waals surface area contributed by atoms with E-state index in [2.05, 4.69) is 22.6 Å². The van der Waals surface area contributed by atoms with Gasteiger partial charge < -0.3 is 9.47 Å². The number of rotatable bonds is 5. The van der Waals surface area contributed by atoms with Gasteiger partial charge in [0.15, 0.2) is 6.61 Å². The first-order chi connectivity index (χ1) is 9.65. The summed E-state index contributed by atoms with van der Waals surface area (Å²) >= 11 is 7.99. The molecular weight excluding hydrogens is 391 g/mol. The number of carbonyl (C=O) groups is 1. The highest BCUT2D eigenvalue weighted by Gasteiger charge is 2.07. The Labute approximate surface area is 136 Å². The lowest BCUT2D eigenvalue weighted by Crippen LogP contribution is -2.15. The molecule has 0 aliphatic rings. The van der Waals surface area contributed by atoms with Crippen LogP contribution in [0.2, 0.25) is 5.02 Å². The molecule has 3 nitrogen and oxygen atoms in total. The molecule has 5 heteroatoms. The summed E-state index contributed by atoms with van der Waals surface area (Å²) < 4.78 is 11.4. The average Bonchev–Trinajstić information content (AvgIpc) is 2.47. The Morgan fingerprint density at radius 3 is 2.65 bits per heavy atom. The van der Waals surface area contributed by atoms with Crippen molar-refractivity contribution in [3.63, 3.8) is 0 Å². The molecule has 0 bridgehead atoms. The second-order valence-electron chi connectivity index (χ2n) is 4.01. The number of esters is 1. The van der Waals surface area contributed by atoms with Crippen molar-refractivity contribution in [2.45, 2.75) is 6.61 Å². The molecule has 0 fully saturated rings. The van der Waals surface area contributed by atoms with Gasteiger partial charge in [-0.15, -0.1) is 0 Å². The summed E-state index contributed by atoms with van der Waals surface area (Å²) in [5.41, 5.74) is 0.943. The quantitative estimate of drug-likeness (QED) is 0.559. The molecule has 0 amide bonds. The Kier molecular flexibility index (Phi) is 5.67. The molecule has 0 heterocycles. The standard InChI is InChI=1S/C15H12ClIO3/c16-12-6-7-13(17)14(8-12)19-10-15(18)20-9-11-4-2-1-3-5-11/h1-8H,9-10H2. The number of hydrogen-bond acceptors (Lipinski definition) is 3. The van der Waals surface area contributed by atoms with Gasteiger partial charge in [0.25, 0.3) is 0 Å². The molecule has 0 N–H and O–H groups in total. The van der Waals surface area contributed by atoms with Gasteiger partial charge in [0, 0.05) is 5.02 Å². The average molecular weight is 403 g/mol. The molecule has 0 aromatic heterocycles. The van der Waals surface area contributed by atoms with E-state index >= 15 is 0 Å². The van der Waals surface area contributed by atoms with E-state index in [4.69, 9.17) is 21.1 Å². The van der Waals surface area contributed by atoms with Gasteiger partial charge in [0.05, 0.1) is 3.57 Å². The predicted molar refractivity (Wildman–Crippen MR) is 85.9 cm³/mol. The number of benzene rings is 2. The van der Waals surface area contributed by atoms with Crippen LogP contribution in [0, 0.1) is 3.57 Å². The molecule has 104 valence electrons. The summed E-state index contributed by atoms with van der Waals surface area (Å²) in [6.45, 7) is 0.110. The SMILES string of the molecule is O=C(COc1cc(Cl)ccc1I)OCc1ccccc1. The molecular formula is C15H12ClIO3. The van der Waals surface area contributed by atoms with Crippen LogP contribution in [-0.2, 0) is 16.1 Å². The highest BCUT2D eigenvalue weighted by molar-refractivity contribution is 14.1. The van der Waals surface area contributed by atoms with Crippen molar-refractivity contribution >= 4 is 40.2 Å². The van der Waals surface area contributed by atoms with Crippen LogP contribution >= 0.6 is 34.2 Å². The van der Waals surface area contributed by atoms with E-state index in [0.29, 0.717) is 10.8 Å². The summed E-state index contributed by atoms with van der Waals surface area (Å²) in [5.74, 6) is 0.166. The molecule has 2 aromatic rings. The summed E-state index contributed by atoms with van der Waals surface area (Å²) in [6.07, 6.45) is 0. The third-order valence-electron chi connectivity index (χ3n) is 2.48. The van der Waals surface area contributed by atoms with Crippen molar-refractivity contribution in [2.24, 2.45) is 0 Å². The maximum Gasteiger partial charge on any atom is 0.344 e. The second kappa shape index (κ2) is 7.50. The van der Waals surface area contributed by atoms with E-state index in [1.165, 1.54) is 0 Å². The van der Waals surface area contributed by atoms with Crippen LogP contribution < -0.4 is 4.74 Å². The Hall–Kier alpha value is -1.27. The maximum absolute atomic E-state index is 11.6. The third-order valence-corrected chi connectivity index (χ3v) is 3.61. The van der Waals surface area contributed by atoms with Crippen LogP contribution in [0.25, 0.3) is 0 Å². The number of carbonyl (C=O) groups excluding carboxylic acids is 1. The lowest BCUT2D eigenvalue weighted by Gasteiger charge is -2.09. The first-order valence-electron chi connectivity index (χ1n) is 5.92. The summed E-state index contributed by atoms with van der Waals surface area (Å²) in [6, 6.07) is 14.8. The fourth-order valence-corrected chi connectivity index (χ4v) is 2.16. The van der Waals surface area contributed by atoms with Crippen LogP contribution in [0.15, 0.2) is 48.5 Å². The molecule has 2 rings (SSSR count). The van der Waals surface area contributed by atoms with E-state index in [9.17, 15) is 4.79 Å². The first kappa shape index (κ1) is 15.1. The van der Waals surface area contributed by atoms with Gasteiger partial charge in [-0.25, -0.2) is 4.79 Å². The number of ether oxygens (including phenoxy) is 2. The highest BCUT2D eigenvalue weighted by Crippen LogP contribution is 2.24. The molecule has 0 atom stereocenters. The van der Waals surface area contributed by atoms with Crippen molar-refractivity contribution in [1.82, 2.24) is 0 Å². The molecule has 2 aromatic carbocycles. The van der Waals surface area contributed by atoms with E-state index in [1.807, 2.05) is 36.4 Å². The Balaban J connectivity index is 1.82. The maximum atomic E-state index is 11.6. The molecule has 20 heavy (non-hydrogen) atoms. The highest BCUT2D eigenvalue weighted by atomic mass is 127. The Bertz CT molecular complexity index is 587. The fourth-order valence-electron chi connectivity index (χ4n) is 1.50. The van der Waals surface area contributed by atoms with Crippen molar-refractivity contribution in [3.8, 4) is 5.75 Å². The topological polar surface area (TPSA) is 35.5 Å². The van der Waals surface area contributed by atoms with Crippen molar-refractivity contribution in [1.29, 1.82) is 0 Å². The first-order valence-corrected chi connectivity index (χ1v) is 7.38. The zero-order valence-corrected chi connectivity index (χ0v) is 13.4. The molecule has 0 saturated heterocycles. The molecule has 0 radical (unpaired) electrons. The van der Waals surface area contributed by atoms with Gasteiger partial charge in [-0.05, 0) is 46.4 Å². The van der Waals surface area contributed by atoms with Crippen LogP contribution in [0.1, 0.15) is 5.56 Å². The molecule has 0 aliphatic carbocycles. The summed E-state index contributed by atoms with van der Waals surface area (Å²) in [4.78, 5) is 11.6. The van der Waals surface area contributed by atoms with E-state index in [0.717, 1.165) is 9.13 Å². The monoisotopic (exact) mass is 402 g/mol. The van der Waals surface area contributed by atoms with Crippen molar-refractivity contribution in [3.05, 3.63) is 62.7 Å². The van der Waals surface area contributed by atoms with Crippen molar-refractivity contribution in [2.75, 3.05) is 6.61 Å². The van der Waals surface area contributed by atoms with Gasteiger partial charge in [-0.1, -0.05) is 41.9 Å². The van der Waals surface area contributed by atoms with Crippen LogP contribution in [0.4, 0.5) is 0 Å². The smallest absolute Gasteiger partial charge is 0.344 e. The Morgan fingerprint density at radius 2 is 1.90 bits per heavy atom. The lowest BCUT2D eigenvalue weighted by atomic mass is 10.2. The molecule has 0 unspecified atom stereocenters. The fraction of sp³-hybridized carbons (Fsp3) is 0.133. The Morgan fingerprint density at radius 1 is 1.15 bits per heavy atom. The lowest BCUT2D eigenvalue weighted by molar-refractivity contribution is -0.147. The predicted octanol–water partition coefficient (Wildman–Crippen LogP) is 4.07. The summed E-state index contributed by atoms with van der Waals surface area (Å²) in [5, 5.41) is 0.568. The van der Waals surface area contributed by atoms with Gasteiger partial charge in [-0.3, -0.25) is 0 Å². The number of halogens is 2. The minimum Gasteiger partial charge on any atom is -0.481 e. The molecule has 0 aliphatic heterocycles. The van der Waals surface area contributed by atoms with E-state index < -0.39 is 5.97 Å². The van der Waals surface area contributed by atoms with Crippen LogP contribution in [-0.4, -0.2) is 12.6 Å². The zero-order valence-electron chi connectivity index (χ0n) is 10.5. The molecule has 0 spiro atoms. The van der Waals surface area contributed by atoms with E-state index in [1.54, 1.807) is 12.1 Å². The van der Waals surface area contributed by atoms with Gasteiger partial charge in [0.1, 0.15) is 12.4 Å². The normalized spacial score (nSPS) is 10.1. The van der Waals surface area contributed by atoms with Crippen LogP contribution in [0.3, 0.4) is 0 Å². The minimum atomic E-state index is -0.412. The third kappa shape index (κ3) is 4.68. The number of hydrogen-bond donors (Lipinski definition) is 0. The van der Waals surface area contributed by atoms with E-state index in [-0.39, 0.29) is 13.2 Å². The summed E-state index contributed by atoms with van der Waals surface area (Å²) in [7, 11) is 0. The van der Waals surface area contributed by atoms with Gasteiger partial charge >= 0.3 is 5.97 Å².